The van der Waals surface area contributed by atoms with E-state index in [-0.39, 0.29) is 6.61 Å². The van der Waals surface area contributed by atoms with Gasteiger partial charge >= 0.3 is 0 Å². The van der Waals surface area contributed by atoms with Crippen LogP contribution in [0.2, 0.25) is 0 Å². The van der Waals surface area contributed by atoms with Crippen molar-refractivity contribution >= 4 is 0 Å². The Morgan fingerprint density at radius 2 is 1.88 bits per heavy atom. The number of para-hydroxylation sites is 1. The van der Waals surface area contributed by atoms with Crippen LogP contribution in [0.1, 0.15) is 17.5 Å². The maximum Gasteiger partial charge on any atom is 0.125 e. The van der Waals surface area contributed by atoms with Gasteiger partial charge in [0.2, 0.25) is 0 Å². The highest BCUT2D eigenvalue weighted by Gasteiger charge is 2.02. The molecule has 0 unspecified atom stereocenters. The Morgan fingerprint density at radius 1 is 1.19 bits per heavy atom. The number of aliphatic hydroxyl groups excluding tert-OH is 1. The van der Waals surface area contributed by atoms with Gasteiger partial charge in [0.05, 0.1) is 26.3 Å². The molecule has 1 rings (SSSR count). The molecule has 0 spiro atoms. The van der Waals surface area contributed by atoms with Gasteiger partial charge in [0, 0.05) is 6.42 Å². The molecule has 0 aliphatic heterocycles. The quantitative estimate of drug-likeness (QED) is 0.667. The van der Waals surface area contributed by atoms with E-state index >= 15 is 0 Å². The molecular formula is C13H22NO2+. The third kappa shape index (κ3) is 4.21. The smallest absolute Gasteiger partial charge is 0.125 e. The van der Waals surface area contributed by atoms with Crippen molar-refractivity contribution < 1.29 is 15.2 Å². The number of hydrogen-bond acceptors (Lipinski definition) is 2. The first-order chi connectivity index (χ1) is 7.75. The van der Waals surface area contributed by atoms with Crippen LogP contribution in [-0.2, 0) is 0 Å². The predicted octanol–water partition coefficient (Wildman–Crippen LogP) is 0.628. The average Bonchev–Trinajstić information content (AvgIpc) is 2.26. The minimum atomic E-state index is 0.248. The van der Waals surface area contributed by atoms with Crippen LogP contribution in [0.3, 0.4) is 0 Å². The van der Waals surface area contributed by atoms with Crippen molar-refractivity contribution in [3.63, 3.8) is 0 Å². The first kappa shape index (κ1) is 13.0. The standard InChI is InChI=1S/C13H21NO2/c1-11-5-3-6-12(2)13(11)16-10-4-7-14-8-9-15/h3,5-6,14-15H,4,7-10H2,1-2H3/p+1. The van der Waals surface area contributed by atoms with Crippen LogP contribution in [-0.4, -0.2) is 31.4 Å². The Balaban J connectivity index is 2.26. The van der Waals surface area contributed by atoms with Gasteiger partial charge in [-0.25, -0.2) is 0 Å². The molecule has 0 heterocycles. The molecule has 90 valence electrons. The van der Waals surface area contributed by atoms with Gasteiger partial charge in [-0.15, -0.1) is 0 Å². The summed E-state index contributed by atoms with van der Waals surface area (Å²) in [5.74, 6) is 1.02. The summed E-state index contributed by atoms with van der Waals surface area (Å²) in [5.41, 5.74) is 2.39. The summed E-state index contributed by atoms with van der Waals surface area (Å²) in [6.45, 7) is 6.92. The van der Waals surface area contributed by atoms with E-state index in [0.717, 1.165) is 31.9 Å². The zero-order chi connectivity index (χ0) is 11.8. The van der Waals surface area contributed by atoms with Gasteiger partial charge in [-0.05, 0) is 25.0 Å². The second-order valence-corrected chi connectivity index (χ2v) is 4.01. The summed E-state index contributed by atoms with van der Waals surface area (Å²) in [4.78, 5) is 0. The van der Waals surface area contributed by atoms with E-state index < -0.39 is 0 Å². The Bertz CT molecular complexity index is 293. The van der Waals surface area contributed by atoms with Crippen LogP contribution >= 0.6 is 0 Å². The van der Waals surface area contributed by atoms with Gasteiger partial charge < -0.3 is 15.2 Å². The molecule has 0 aliphatic carbocycles. The predicted molar refractivity (Wildman–Crippen MR) is 64.8 cm³/mol. The number of rotatable bonds is 7. The van der Waals surface area contributed by atoms with Crippen molar-refractivity contribution in [1.29, 1.82) is 0 Å². The molecule has 3 nitrogen and oxygen atoms in total. The van der Waals surface area contributed by atoms with Gasteiger partial charge in [-0.2, -0.15) is 0 Å². The normalized spacial score (nSPS) is 10.4. The molecule has 1 aromatic rings. The zero-order valence-electron chi connectivity index (χ0n) is 10.2. The molecule has 1 aromatic carbocycles. The van der Waals surface area contributed by atoms with Crippen LogP contribution < -0.4 is 10.1 Å². The second kappa shape index (κ2) is 7.25. The summed E-state index contributed by atoms with van der Waals surface area (Å²) in [6, 6.07) is 6.19. The van der Waals surface area contributed by atoms with Crippen LogP contribution in [0.25, 0.3) is 0 Å². The fraction of sp³-hybridized carbons (Fsp3) is 0.538. The number of quaternary nitrogens is 1. The van der Waals surface area contributed by atoms with Crippen LogP contribution in [0.5, 0.6) is 5.75 Å². The Morgan fingerprint density at radius 3 is 2.50 bits per heavy atom. The van der Waals surface area contributed by atoms with E-state index in [0.29, 0.717) is 0 Å². The Labute approximate surface area is 97.4 Å². The van der Waals surface area contributed by atoms with Crippen LogP contribution in [0.15, 0.2) is 18.2 Å². The molecule has 3 N–H and O–H groups in total. The maximum absolute atomic E-state index is 8.61. The highest BCUT2D eigenvalue weighted by molar-refractivity contribution is 5.39. The highest BCUT2D eigenvalue weighted by atomic mass is 16.5. The van der Waals surface area contributed by atoms with Crippen molar-refractivity contribution in [2.75, 3.05) is 26.3 Å². The van der Waals surface area contributed by atoms with Crippen molar-refractivity contribution in [2.24, 2.45) is 0 Å². The number of aryl methyl sites for hydroxylation is 2. The molecule has 0 aromatic heterocycles. The number of hydrogen-bond donors (Lipinski definition) is 2. The first-order valence-electron chi connectivity index (χ1n) is 5.87. The fourth-order valence-electron chi connectivity index (χ4n) is 1.66. The molecule has 16 heavy (non-hydrogen) atoms. The third-order valence-corrected chi connectivity index (χ3v) is 2.54. The van der Waals surface area contributed by atoms with E-state index in [1.54, 1.807) is 0 Å². The molecule has 0 saturated carbocycles. The summed E-state index contributed by atoms with van der Waals surface area (Å²) >= 11 is 0. The number of benzene rings is 1. The summed E-state index contributed by atoms with van der Waals surface area (Å²) < 4.78 is 5.77. The van der Waals surface area contributed by atoms with Gasteiger partial charge in [0.1, 0.15) is 5.75 Å². The molecule has 3 heteroatoms. The summed E-state index contributed by atoms with van der Waals surface area (Å²) in [5, 5.41) is 10.7. The molecule has 0 atom stereocenters. The van der Waals surface area contributed by atoms with E-state index in [2.05, 4.69) is 31.3 Å². The monoisotopic (exact) mass is 224 g/mol. The van der Waals surface area contributed by atoms with E-state index in [1.165, 1.54) is 11.1 Å². The molecule has 0 saturated heterocycles. The maximum atomic E-state index is 8.61. The van der Waals surface area contributed by atoms with Gasteiger partial charge in [0.15, 0.2) is 0 Å². The van der Waals surface area contributed by atoms with E-state index in [4.69, 9.17) is 9.84 Å². The first-order valence-corrected chi connectivity index (χ1v) is 5.87. The summed E-state index contributed by atoms with van der Waals surface area (Å²) in [6.07, 6.45) is 1.01. The van der Waals surface area contributed by atoms with Crippen molar-refractivity contribution in [3.05, 3.63) is 29.3 Å². The minimum Gasteiger partial charge on any atom is -0.493 e. The third-order valence-electron chi connectivity index (χ3n) is 2.54. The largest absolute Gasteiger partial charge is 0.493 e. The Hall–Kier alpha value is -1.06. The highest BCUT2D eigenvalue weighted by Crippen LogP contribution is 2.22. The topological polar surface area (TPSA) is 46.1 Å². The minimum absolute atomic E-state index is 0.248. The van der Waals surface area contributed by atoms with E-state index in [1.807, 2.05) is 6.07 Å². The van der Waals surface area contributed by atoms with Crippen molar-refractivity contribution in [3.8, 4) is 5.75 Å². The fourth-order valence-corrected chi connectivity index (χ4v) is 1.66. The van der Waals surface area contributed by atoms with Crippen molar-refractivity contribution in [1.82, 2.24) is 0 Å². The number of nitrogens with two attached hydrogens (primary N) is 1. The second-order valence-electron chi connectivity index (χ2n) is 4.01. The lowest BCUT2D eigenvalue weighted by molar-refractivity contribution is -0.656. The molecule has 0 amide bonds. The lowest BCUT2D eigenvalue weighted by Crippen LogP contribution is -2.85. The average molecular weight is 224 g/mol. The van der Waals surface area contributed by atoms with Gasteiger partial charge in [-0.3, -0.25) is 0 Å². The Kier molecular flexibility index (Phi) is 5.90. The molecule has 0 radical (unpaired) electrons. The van der Waals surface area contributed by atoms with Gasteiger partial charge in [0.25, 0.3) is 0 Å². The number of ether oxygens (including phenoxy) is 1. The molecule has 0 bridgehead atoms. The lowest BCUT2D eigenvalue weighted by atomic mass is 10.1. The molecule has 0 aliphatic rings. The summed E-state index contributed by atoms with van der Waals surface area (Å²) in [7, 11) is 0. The lowest BCUT2D eigenvalue weighted by Gasteiger charge is -2.11. The van der Waals surface area contributed by atoms with E-state index in [9.17, 15) is 0 Å². The zero-order valence-corrected chi connectivity index (χ0v) is 10.2. The SMILES string of the molecule is Cc1cccc(C)c1OCCC[NH2+]CCO. The van der Waals surface area contributed by atoms with Crippen LogP contribution in [0.4, 0.5) is 0 Å². The van der Waals surface area contributed by atoms with Crippen molar-refractivity contribution in [2.45, 2.75) is 20.3 Å². The van der Waals surface area contributed by atoms with Gasteiger partial charge in [-0.1, -0.05) is 18.2 Å². The van der Waals surface area contributed by atoms with Crippen LogP contribution in [0, 0.1) is 13.8 Å². The number of aliphatic hydroxyl groups is 1. The molecule has 0 fully saturated rings. The molecular weight excluding hydrogens is 202 g/mol.